The molecule has 0 aliphatic rings. The van der Waals surface area contributed by atoms with Crippen LogP contribution in [0.25, 0.3) is 0 Å². The average Bonchev–Trinajstić information content (AvgIpc) is 2.60. The number of anilines is 1. The van der Waals surface area contributed by atoms with Crippen molar-refractivity contribution in [3.8, 4) is 5.75 Å². The molecule has 0 spiro atoms. The maximum Gasteiger partial charge on any atom is 0.416 e. The van der Waals surface area contributed by atoms with Crippen molar-refractivity contribution in [2.24, 2.45) is 0 Å². The normalized spacial score (nSPS) is 11.9. The quantitative estimate of drug-likeness (QED) is 0.825. The number of methoxy groups -OCH3 is 1. The minimum absolute atomic E-state index is 0.000442. The minimum atomic E-state index is -4.48. The molecular formula is C16H15F3N2O4S. The summed E-state index contributed by atoms with van der Waals surface area (Å²) in [5.74, 6) is -0.634. The van der Waals surface area contributed by atoms with Crippen molar-refractivity contribution in [3.05, 3.63) is 53.6 Å². The molecule has 10 heteroatoms. The summed E-state index contributed by atoms with van der Waals surface area (Å²) in [5, 5.41) is 2.41. The lowest BCUT2D eigenvalue weighted by Crippen LogP contribution is -2.20. The van der Waals surface area contributed by atoms with Gasteiger partial charge in [0.05, 0.1) is 12.7 Å². The van der Waals surface area contributed by atoms with Crippen LogP contribution in [-0.2, 0) is 16.2 Å². The molecule has 0 heterocycles. The number of rotatable bonds is 5. The van der Waals surface area contributed by atoms with Crippen LogP contribution in [0.3, 0.4) is 0 Å². The zero-order chi connectivity index (χ0) is 19.5. The molecule has 0 aliphatic carbocycles. The Morgan fingerprint density at radius 2 is 1.69 bits per heavy atom. The second-order valence-corrected chi connectivity index (χ2v) is 6.96. The SMILES string of the molecule is CNS(=O)(=O)c1cc(C(=O)Nc2ccc(C(F)(F)F)cc2)ccc1OC. The summed E-state index contributed by atoms with van der Waals surface area (Å²) < 4.78 is 68.8. The van der Waals surface area contributed by atoms with E-state index in [1.807, 2.05) is 0 Å². The molecule has 1 amide bonds. The summed E-state index contributed by atoms with van der Waals surface area (Å²) >= 11 is 0. The molecule has 0 radical (unpaired) electrons. The van der Waals surface area contributed by atoms with Gasteiger partial charge in [-0.05, 0) is 49.5 Å². The number of nitrogens with one attached hydrogen (secondary N) is 2. The highest BCUT2D eigenvalue weighted by molar-refractivity contribution is 7.89. The molecule has 26 heavy (non-hydrogen) atoms. The number of hydrogen-bond donors (Lipinski definition) is 2. The van der Waals surface area contributed by atoms with E-state index in [-0.39, 0.29) is 21.9 Å². The Hall–Kier alpha value is -2.59. The Balaban J connectivity index is 2.29. The van der Waals surface area contributed by atoms with Crippen molar-refractivity contribution in [1.29, 1.82) is 0 Å². The van der Waals surface area contributed by atoms with Crippen molar-refractivity contribution in [2.75, 3.05) is 19.5 Å². The zero-order valence-corrected chi connectivity index (χ0v) is 14.5. The van der Waals surface area contributed by atoms with Crippen LogP contribution in [0.1, 0.15) is 15.9 Å². The Kier molecular flexibility index (Phi) is 5.57. The van der Waals surface area contributed by atoms with Crippen LogP contribution in [0.2, 0.25) is 0 Å². The first-order chi connectivity index (χ1) is 12.1. The molecule has 0 aliphatic heterocycles. The van der Waals surface area contributed by atoms with Crippen molar-refractivity contribution < 1.29 is 31.1 Å². The van der Waals surface area contributed by atoms with Crippen molar-refractivity contribution in [2.45, 2.75) is 11.1 Å². The molecule has 0 saturated carbocycles. The van der Waals surface area contributed by atoms with E-state index in [0.717, 1.165) is 30.3 Å². The Morgan fingerprint density at radius 3 is 2.19 bits per heavy atom. The predicted octanol–water partition coefficient (Wildman–Crippen LogP) is 2.87. The van der Waals surface area contributed by atoms with E-state index in [2.05, 4.69) is 10.0 Å². The lowest BCUT2D eigenvalue weighted by Gasteiger charge is -2.12. The van der Waals surface area contributed by atoms with E-state index in [4.69, 9.17) is 4.74 Å². The number of alkyl halides is 3. The molecule has 0 saturated heterocycles. The Morgan fingerprint density at radius 1 is 1.08 bits per heavy atom. The predicted molar refractivity (Wildman–Crippen MR) is 88.6 cm³/mol. The molecule has 0 fully saturated rings. The smallest absolute Gasteiger partial charge is 0.416 e. The minimum Gasteiger partial charge on any atom is -0.495 e. The molecule has 0 unspecified atom stereocenters. The number of carbonyl (C=O) groups excluding carboxylic acids is 1. The monoisotopic (exact) mass is 388 g/mol. The number of benzene rings is 2. The van der Waals surface area contributed by atoms with Gasteiger partial charge in [0.1, 0.15) is 10.6 Å². The first-order valence-corrected chi connectivity index (χ1v) is 8.67. The van der Waals surface area contributed by atoms with Crippen LogP contribution in [0.4, 0.5) is 18.9 Å². The second kappa shape index (κ2) is 7.34. The first-order valence-electron chi connectivity index (χ1n) is 7.18. The third-order valence-corrected chi connectivity index (χ3v) is 4.89. The van der Waals surface area contributed by atoms with Gasteiger partial charge in [0.25, 0.3) is 5.91 Å². The van der Waals surface area contributed by atoms with Gasteiger partial charge < -0.3 is 10.1 Å². The maximum absolute atomic E-state index is 12.5. The summed E-state index contributed by atoms with van der Waals surface area (Å²) in [6.07, 6.45) is -4.48. The third kappa shape index (κ3) is 4.33. The average molecular weight is 388 g/mol. The van der Waals surface area contributed by atoms with Gasteiger partial charge in [0.2, 0.25) is 10.0 Å². The van der Waals surface area contributed by atoms with E-state index in [1.165, 1.54) is 26.3 Å². The first kappa shape index (κ1) is 19.7. The summed E-state index contributed by atoms with van der Waals surface area (Å²) in [5.41, 5.74) is -0.710. The lowest BCUT2D eigenvalue weighted by atomic mass is 10.1. The summed E-state index contributed by atoms with van der Waals surface area (Å²) in [7, 11) is -1.38. The molecule has 2 aromatic rings. The van der Waals surface area contributed by atoms with Crippen LogP contribution in [0, 0.1) is 0 Å². The van der Waals surface area contributed by atoms with Crippen LogP contribution in [0.5, 0.6) is 5.75 Å². The van der Waals surface area contributed by atoms with Crippen molar-refractivity contribution in [1.82, 2.24) is 4.72 Å². The van der Waals surface area contributed by atoms with Gasteiger partial charge >= 0.3 is 6.18 Å². The largest absolute Gasteiger partial charge is 0.495 e. The van der Waals surface area contributed by atoms with Gasteiger partial charge in [0.15, 0.2) is 0 Å². The fourth-order valence-electron chi connectivity index (χ4n) is 2.08. The molecule has 6 nitrogen and oxygen atoms in total. The number of hydrogen-bond acceptors (Lipinski definition) is 4. The summed E-state index contributed by atoms with van der Waals surface area (Å²) in [6, 6.07) is 7.65. The zero-order valence-electron chi connectivity index (χ0n) is 13.7. The van der Waals surface area contributed by atoms with Gasteiger partial charge in [-0.25, -0.2) is 13.1 Å². The number of sulfonamides is 1. The molecule has 2 N–H and O–H groups in total. The molecule has 0 aromatic heterocycles. The van der Waals surface area contributed by atoms with E-state index >= 15 is 0 Å². The molecule has 0 bridgehead atoms. The topological polar surface area (TPSA) is 84.5 Å². The standard InChI is InChI=1S/C16H15F3N2O4S/c1-20-26(23,24)14-9-10(3-8-13(14)25-2)15(22)21-12-6-4-11(5-7-12)16(17,18)19/h3-9,20H,1-2H3,(H,21,22). The number of carbonyl (C=O) groups is 1. The fraction of sp³-hybridized carbons (Fsp3) is 0.188. The van der Waals surface area contributed by atoms with Gasteiger partial charge in [-0.2, -0.15) is 13.2 Å². The second-order valence-electron chi connectivity index (χ2n) is 5.10. The van der Waals surface area contributed by atoms with Gasteiger partial charge in [-0.3, -0.25) is 4.79 Å². The third-order valence-electron chi connectivity index (χ3n) is 3.45. The number of amides is 1. The highest BCUT2D eigenvalue weighted by Crippen LogP contribution is 2.30. The highest BCUT2D eigenvalue weighted by Gasteiger charge is 2.30. The van der Waals surface area contributed by atoms with Crippen molar-refractivity contribution in [3.63, 3.8) is 0 Å². The Labute approximate surface area is 148 Å². The van der Waals surface area contributed by atoms with Gasteiger partial charge in [0, 0.05) is 11.3 Å². The molecule has 0 atom stereocenters. The van der Waals surface area contributed by atoms with Crippen LogP contribution in [0.15, 0.2) is 47.4 Å². The molecule has 140 valence electrons. The number of ether oxygens (including phenoxy) is 1. The van der Waals surface area contributed by atoms with Gasteiger partial charge in [-0.1, -0.05) is 0 Å². The van der Waals surface area contributed by atoms with E-state index in [0.29, 0.717) is 0 Å². The van der Waals surface area contributed by atoms with E-state index in [1.54, 1.807) is 0 Å². The summed E-state index contributed by atoms with van der Waals surface area (Å²) in [6.45, 7) is 0. The lowest BCUT2D eigenvalue weighted by molar-refractivity contribution is -0.137. The van der Waals surface area contributed by atoms with E-state index < -0.39 is 27.7 Å². The molecule has 2 rings (SSSR count). The number of halogens is 3. The van der Waals surface area contributed by atoms with E-state index in [9.17, 15) is 26.4 Å². The van der Waals surface area contributed by atoms with Crippen LogP contribution in [-0.4, -0.2) is 28.5 Å². The summed E-state index contributed by atoms with van der Waals surface area (Å²) in [4.78, 5) is 12.0. The fourth-order valence-corrected chi connectivity index (χ4v) is 3.00. The van der Waals surface area contributed by atoms with Crippen LogP contribution < -0.4 is 14.8 Å². The van der Waals surface area contributed by atoms with Crippen LogP contribution >= 0.6 is 0 Å². The molecule has 2 aromatic carbocycles. The Bertz CT molecular complexity index is 910. The van der Waals surface area contributed by atoms with Crippen molar-refractivity contribution >= 4 is 21.6 Å². The molecular weight excluding hydrogens is 373 g/mol. The van der Waals surface area contributed by atoms with Gasteiger partial charge in [-0.15, -0.1) is 0 Å². The highest BCUT2D eigenvalue weighted by atomic mass is 32.2. The maximum atomic E-state index is 12.5.